The molecule has 5 aromatic carbocycles. The summed E-state index contributed by atoms with van der Waals surface area (Å²) in [4.78, 5) is 31.2. The number of fused-ring (bicyclic) bond motifs is 8. The molecule has 8 rings (SSSR count). The molecule has 2 amide bonds. The molecule has 306 valence electrons. The van der Waals surface area contributed by atoms with Crippen molar-refractivity contribution in [1.82, 2.24) is 4.90 Å². The number of nitrogens with one attached hydrogen (secondary N) is 1. The molecule has 8 heteroatoms. The van der Waals surface area contributed by atoms with E-state index in [0.717, 1.165) is 34.2 Å². The van der Waals surface area contributed by atoms with Crippen molar-refractivity contribution in [3.05, 3.63) is 161 Å². The minimum atomic E-state index is -1.35. The zero-order valence-corrected chi connectivity index (χ0v) is 34.6. The zero-order chi connectivity index (χ0) is 41.6. The van der Waals surface area contributed by atoms with Gasteiger partial charge in [0.1, 0.15) is 11.5 Å². The Bertz CT molecular complexity index is 2290. The molecule has 0 aromatic heterocycles. The number of allylic oxidation sites excluding steroid dienone is 2. The van der Waals surface area contributed by atoms with Crippen molar-refractivity contribution in [1.29, 1.82) is 0 Å². The molecule has 2 bridgehead atoms. The first kappa shape index (κ1) is 41.5. The quantitative estimate of drug-likeness (QED) is 0.0960. The minimum Gasteiger partial charge on any atom is -0.497 e. The van der Waals surface area contributed by atoms with Gasteiger partial charge in [-0.1, -0.05) is 104 Å². The highest BCUT2D eigenvalue weighted by Gasteiger charge is 2.57. The maximum Gasteiger partial charge on any atom is 0.322 e. The summed E-state index contributed by atoms with van der Waals surface area (Å²) >= 11 is 0. The average molecular weight is 793 g/mol. The Kier molecular flexibility index (Phi) is 12.7. The number of aliphatic hydroxyl groups is 2. The van der Waals surface area contributed by atoms with Gasteiger partial charge in [-0.25, -0.2) is 4.79 Å². The molecule has 3 aliphatic rings. The van der Waals surface area contributed by atoms with E-state index in [9.17, 15) is 15.0 Å². The number of hydrogen-bond acceptors (Lipinski definition) is 6. The number of ketones is 1. The molecule has 0 saturated heterocycles. The van der Waals surface area contributed by atoms with Crippen LogP contribution in [0.5, 0.6) is 11.5 Å². The van der Waals surface area contributed by atoms with Gasteiger partial charge in [0.15, 0.2) is 5.78 Å². The van der Waals surface area contributed by atoms with E-state index >= 15 is 4.79 Å². The van der Waals surface area contributed by atoms with E-state index in [1.165, 1.54) is 5.57 Å². The van der Waals surface area contributed by atoms with Crippen LogP contribution in [0, 0.1) is 5.41 Å². The van der Waals surface area contributed by atoms with E-state index in [2.05, 4.69) is 31.3 Å². The molecular formula is C51H56N2O6. The first-order chi connectivity index (χ1) is 28.5. The number of methoxy groups -OCH3 is 2. The van der Waals surface area contributed by atoms with Gasteiger partial charge >= 0.3 is 6.03 Å². The lowest BCUT2D eigenvalue weighted by Crippen LogP contribution is -2.54. The topological polar surface area (TPSA) is 108 Å². The van der Waals surface area contributed by atoms with Gasteiger partial charge in [0.2, 0.25) is 0 Å². The summed E-state index contributed by atoms with van der Waals surface area (Å²) in [5, 5.41) is 27.5. The lowest BCUT2D eigenvalue weighted by Gasteiger charge is -2.46. The van der Waals surface area contributed by atoms with Crippen LogP contribution in [0.1, 0.15) is 90.9 Å². The van der Waals surface area contributed by atoms with E-state index in [-0.39, 0.29) is 30.8 Å². The monoisotopic (exact) mass is 792 g/mol. The van der Waals surface area contributed by atoms with Crippen LogP contribution in [0.2, 0.25) is 0 Å². The number of aliphatic hydroxyl groups excluding tert-OH is 1. The molecule has 0 spiro atoms. The van der Waals surface area contributed by atoms with Crippen LogP contribution in [0.4, 0.5) is 10.5 Å². The van der Waals surface area contributed by atoms with Gasteiger partial charge in [0, 0.05) is 33.9 Å². The number of carbonyl (C=O) groups excluding carboxylic acids is 2. The highest BCUT2D eigenvalue weighted by atomic mass is 16.5. The van der Waals surface area contributed by atoms with Gasteiger partial charge in [0.05, 0.1) is 39.0 Å². The summed E-state index contributed by atoms with van der Waals surface area (Å²) in [7, 11) is 3.19. The van der Waals surface area contributed by atoms with Crippen LogP contribution in [0.15, 0.2) is 133 Å². The standard InChI is InChI=1S/C51H56N2O6/c1-35-14-13-28-50(2)46(27-29-51(50,57)34-53(49(56)52-39-17-9-6-10-18-39)33-38-23-25-41(58-3)32-47(38)59-4)43-26-22-36(30-40(54)24-21-35)31-45(43)48(55)44-20-12-11-19-42(44)37-15-7-5-8-16-37/h5-12,14-20,22-23,25-26,31-32,40,46,54,57H,13,21,24,27-30,33-34H2,1-4H3,(H,52,56)/t40-,46-,50-,51+/m0/s1. The fourth-order valence-corrected chi connectivity index (χ4v) is 9.32. The molecule has 0 heterocycles. The highest BCUT2D eigenvalue weighted by Crippen LogP contribution is 2.59. The summed E-state index contributed by atoms with van der Waals surface area (Å²) in [6.07, 6.45) is 5.80. The lowest BCUT2D eigenvalue weighted by molar-refractivity contribution is -0.0773. The summed E-state index contributed by atoms with van der Waals surface area (Å²) in [5.41, 5.74) is 5.27. The number of nitrogens with zero attached hydrogens (tertiary/aromatic N) is 1. The fourth-order valence-electron chi connectivity index (χ4n) is 9.32. The molecule has 59 heavy (non-hydrogen) atoms. The number of benzene rings is 5. The lowest BCUT2D eigenvalue weighted by atomic mass is 9.64. The van der Waals surface area contributed by atoms with Gasteiger partial charge < -0.3 is 29.9 Å². The van der Waals surface area contributed by atoms with Crippen molar-refractivity contribution < 1.29 is 29.3 Å². The Balaban J connectivity index is 1.32. The van der Waals surface area contributed by atoms with Crippen molar-refractivity contribution in [2.45, 2.75) is 83.0 Å². The molecule has 1 saturated carbocycles. The number of para-hydroxylation sites is 1. The van der Waals surface area contributed by atoms with Crippen molar-refractivity contribution >= 4 is 17.5 Å². The van der Waals surface area contributed by atoms with Crippen molar-refractivity contribution in [2.75, 3.05) is 26.1 Å². The van der Waals surface area contributed by atoms with Crippen LogP contribution < -0.4 is 14.8 Å². The SMILES string of the molecule is COc1ccc(CN(C[C@]2(O)CC[C@H]3c4ccc(cc4C(=O)c4ccccc4-c4ccccc4)C[C@@H](O)CCC(C)=CCC[C@@]32C)C(=O)Nc2ccccc2)c(OC)c1. The zero-order valence-electron chi connectivity index (χ0n) is 34.6. The Labute approximate surface area is 348 Å². The van der Waals surface area contributed by atoms with E-state index in [1.807, 2.05) is 109 Å². The van der Waals surface area contributed by atoms with Crippen molar-refractivity contribution in [2.24, 2.45) is 5.41 Å². The molecule has 5 aromatic rings. The van der Waals surface area contributed by atoms with Crippen LogP contribution in [-0.2, 0) is 13.0 Å². The second-order valence-electron chi connectivity index (χ2n) is 16.5. The van der Waals surface area contributed by atoms with E-state index in [4.69, 9.17) is 9.47 Å². The van der Waals surface area contributed by atoms with Crippen LogP contribution in [-0.4, -0.2) is 59.4 Å². The van der Waals surface area contributed by atoms with E-state index in [1.54, 1.807) is 25.2 Å². The minimum absolute atomic E-state index is 0.0426. The molecule has 0 unspecified atom stereocenters. The number of rotatable bonds is 10. The number of carbonyl (C=O) groups is 2. The molecule has 4 atom stereocenters. The van der Waals surface area contributed by atoms with Gasteiger partial charge in [-0.05, 0) is 110 Å². The number of ether oxygens (including phenoxy) is 2. The maximum atomic E-state index is 15.1. The molecule has 0 aliphatic heterocycles. The highest BCUT2D eigenvalue weighted by molar-refractivity contribution is 6.14. The van der Waals surface area contributed by atoms with Crippen molar-refractivity contribution in [3.8, 4) is 22.6 Å². The molecule has 8 nitrogen and oxygen atoms in total. The second kappa shape index (κ2) is 18.1. The van der Waals surface area contributed by atoms with Crippen LogP contribution >= 0.6 is 0 Å². The molecule has 1 fully saturated rings. The first-order valence-electron chi connectivity index (χ1n) is 20.7. The van der Waals surface area contributed by atoms with Gasteiger partial charge in [-0.2, -0.15) is 0 Å². The normalized spacial score (nSPS) is 21.8. The molecular weight excluding hydrogens is 737 g/mol. The Morgan fingerprint density at radius 1 is 0.831 bits per heavy atom. The second-order valence-corrected chi connectivity index (χ2v) is 16.5. The summed E-state index contributed by atoms with van der Waals surface area (Å²) in [5.74, 6) is 0.899. The third-order valence-electron chi connectivity index (χ3n) is 12.8. The number of urea groups is 1. The number of hydrogen-bond donors (Lipinski definition) is 3. The smallest absolute Gasteiger partial charge is 0.322 e. The largest absolute Gasteiger partial charge is 0.497 e. The maximum absolute atomic E-state index is 15.1. The molecule has 3 aliphatic carbocycles. The van der Waals surface area contributed by atoms with Gasteiger partial charge in [-0.3, -0.25) is 4.79 Å². The predicted octanol–water partition coefficient (Wildman–Crippen LogP) is 10.4. The summed E-state index contributed by atoms with van der Waals surface area (Å²) in [6.45, 7) is 4.46. The Hall–Kier alpha value is -5.70. The predicted molar refractivity (Wildman–Crippen MR) is 234 cm³/mol. The first-order valence-corrected chi connectivity index (χ1v) is 20.7. The molecule has 0 radical (unpaired) electrons. The van der Waals surface area contributed by atoms with Gasteiger partial charge in [-0.15, -0.1) is 0 Å². The number of anilines is 1. The van der Waals surface area contributed by atoms with Gasteiger partial charge in [0.25, 0.3) is 0 Å². The van der Waals surface area contributed by atoms with E-state index < -0.39 is 17.1 Å². The Morgan fingerprint density at radius 2 is 1.56 bits per heavy atom. The average Bonchev–Trinajstić information content (AvgIpc) is 3.51. The van der Waals surface area contributed by atoms with Crippen LogP contribution in [0.3, 0.4) is 0 Å². The Morgan fingerprint density at radius 3 is 2.31 bits per heavy atom. The third-order valence-corrected chi connectivity index (χ3v) is 12.8. The fraction of sp³-hybridized carbons (Fsp3) is 0.333. The summed E-state index contributed by atoms with van der Waals surface area (Å²) < 4.78 is 11.2. The van der Waals surface area contributed by atoms with Crippen LogP contribution in [0.25, 0.3) is 11.1 Å². The van der Waals surface area contributed by atoms with Crippen molar-refractivity contribution in [3.63, 3.8) is 0 Å². The third kappa shape index (κ3) is 8.99. The number of amides is 2. The van der Waals surface area contributed by atoms with E-state index in [0.29, 0.717) is 66.8 Å². The molecule has 3 N–H and O–H groups in total. The summed E-state index contributed by atoms with van der Waals surface area (Å²) in [6, 6.07) is 38.3.